The number of benzene rings is 2. The maximum atomic E-state index is 10.8. The smallest absolute Gasteiger partial charge is 0.316 e. The molecule has 2 aromatic rings. The summed E-state index contributed by atoms with van der Waals surface area (Å²) in [6.45, 7) is 4.27. The predicted molar refractivity (Wildman–Crippen MR) is 86.1 cm³/mol. The van der Waals surface area contributed by atoms with E-state index in [-0.39, 0.29) is 12.1 Å². The van der Waals surface area contributed by atoms with Crippen molar-refractivity contribution >= 4 is 11.7 Å². The third-order valence-electron chi connectivity index (χ3n) is 3.48. The molecule has 0 radical (unpaired) electrons. The Morgan fingerprint density at radius 1 is 0.905 bits per heavy atom. The van der Waals surface area contributed by atoms with Crippen LogP contribution in [0.15, 0.2) is 54.6 Å². The molecule has 0 aliphatic heterocycles. The van der Waals surface area contributed by atoms with E-state index in [0.29, 0.717) is 5.69 Å². The van der Waals surface area contributed by atoms with Crippen LogP contribution in [0, 0.1) is 0 Å². The second kappa shape index (κ2) is 6.90. The van der Waals surface area contributed by atoms with Crippen LogP contribution in [0.4, 0.5) is 10.5 Å². The molecule has 0 aromatic heterocycles. The van der Waals surface area contributed by atoms with Gasteiger partial charge in [0.05, 0.1) is 0 Å². The fourth-order valence-corrected chi connectivity index (χ4v) is 2.31. The minimum atomic E-state index is -0.549. The molecule has 2 unspecified atom stereocenters. The summed E-state index contributed by atoms with van der Waals surface area (Å²) < 4.78 is 0. The number of hydrogen-bond donors (Lipinski definition) is 3. The van der Waals surface area contributed by atoms with Crippen LogP contribution in [-0.4, -0.2) is 6.03 Å². The van der Waals surface area contributed by atoms with Crippen LogP contribution < -0.4 is 16.4 Å². The van der Waals surface area contributed by atoms with Gasteiger partial charge in [-0.15, -0.1) is 0 Å². The molecular formula is C17H21N3O. The fraction of sp³-hybridized carbons (Fsp3) is 0.235. The Labute approximate surface area is 125 Å². The van der Waals surface area contributed by atoms with Crippen molar-refractivity contribution in [2.75, 3.05) is 5.32 Å². The molecule has 4 heteroatoms. The van der Waals surface area contributed by atoms with Crippen LogP contribution >= 0.6 is 0 Å². The van der Waals surface area contributed by atoms with Crippen molar-refractivity contribution in [2.45, 2.75) is 25.9 Å². The summed E-state index contributed by atoms with van der Waals surface area (Å²) in [5.74, 6) is 0. The van der Waals surface area contributed by atoms with Crippen molar-refractivity contribution in [1.82, 2.24) is 5.32 Å². The summed E-state index contributed by atoms with van der Waals surface area (Å²) in [4.78, 5) is 10.8. The molecule has 0 fully saturated rings. The summed E-state index contributed by atoms with van der Waals surface area (Å²) in [7, 11) is 0. The first-order valence-corrected chi connectivity index (χ1v) is 7.03. The van der Waals surface area contributed by atoms with Gasteiger partial charge in [-0.2, -0.15) is 0 Å². The van der Waals surface area contributed by atoms with E-state index >= 15 is 0 Å². The van der Waals surface area contributed by atoms with E-state index in [1.54, 1.807) is 0 Å². The molecule has 0 saturated carbocycles. The van der Waals surface area contributed by atoms with Crippen LogP contribution in [0.1, 0.15) is 37.1 Å². The zero-order valence-electron chi connectivity index (χ0n) is 12.3. The molecule has 0 saturated heterocycles. The Balaban J connectivity index is 2.00. The third-order valence-corrected chi connectivity index (χ3v) is 3.48. The summed E-state index contributed by atoms with van der Waals surface area (Å²) >= 11 is 0. The highest BCUT2D eigenvalue weighted by Crippen LogP contribution is 2.20. The number of carbonyl (C=O) groups excluding carboxylic acids is 1. The van der Waals surface area contributed by atoms with Gasteiger partial charge in [-0.1, -0.05) is 42.5 Å². The van der Waals surface area contributed by atoms with E-state index in [0.717, 1.165) is 5.56 Å². The normalized spacial score (nSPS) is 13.4. The minimum absolute atomic E-state index is 0.211. The zero-order chi connectivity index (χ0) is 15.2. The van der Waals surface area contributed by atoms with E-state index in [1.165, 1.54) is 5.56 Å². The molecule has 21 heavy (non-hydrogen) atoms. The molecular weight excluding hydrogens is 262 g/mol. The van der Waals surface area contributed by atoms with E-state index in [9.17, 15) is 4.79 Å². The molecule has 0 bridgehead atoms. The van der Waals surface area contributed by atoms with Crippen LogP contribution in [0.5, 0.6) is 0 Å². The van der Waals surface area contributed by atoms with Crippen LogP contribution in [0.25, 0.3) is 0 Å². The van der Waals surface area contributed by atoms with E-state index < -0.39 is 6.03 Å². The number of rotatable bonds is 5. The van der Waals surface area contributed by atoms with Gasteiger partial charge in [-0.05, 0) is 37.1 Å². The fourth-order valence-electron chi connectivity index (χ4n) is 2.31. The largest absolute Gasteiger partial charge is 0.351 e. The molecule has 2 rings (SSSR count). The Morgan fingerprint density at radius 2 is 1.43 bits per heavy atom. The minimum Gasteiger partial charge on any atom is -0.351 e. The van der Waals surface area contributed by atoms with E-state index in [2.05, 4.69) is 36.6 Å². The van der Waals surface area contributed by atoms with Crippen molar-refractivity contribution in [2.24, 2.45) is 5.73 Å². The Morgan fingerprint density at radius 3 is 1.95 bits per heavy atom. The molecule has 0 aliphatic carbocycles. The van der Waals surface area contributed by atoms with Crippen molar-refractivity contribution < 1.29 is 4.79 Å². The molecule has 4 N–H and O–H groups in total. The van der Waals surface area contributed by atoms with Gasteiger partial charge in [0.2, 0.25) is 0 Å². The first-order chi connectivity index (χ1) is 10.1. The molecule has 4 nitrogen and oxygen atoms in total. The highest BCUT2D eigenvalue weighted by Gasteiger charge is 2.10. The van der Waals surface area contributed by atoms with Crippen LogP contribution in [0.2, 0.25) is 0 Å². The van der Waals surface area contributed by atoms with E-state index in [4.69, 9.17) is 5.73 Å². The molecule has 2 aromatic carbocycles. The molecule has 110 valence electrons. The molecule has 0 aliphatic rings. The van der Waals surface area contributed by atoms with Gasteiger partial charge in [0.25, 0.3) is 0 Å². The summed E-state index contributed by atoms with van der Waals surface area (Å²) in [6, 6.07) is 17.9. The Hall–Kier alpha value is -2.33. The van der Waals surface area contributed by atoms with Gasteiger partial charge >= 0.3 is 6.03 Å². The lowest BCUT2D eigenvalue weighted by atomic mass is 10.0. The summed E-state index contributed by atoms with van der Waals surface area (Å²) in [6.07, 6.45) is 0. The molecule has 2 atom stereocenters. The standard InChI is InChI=1S/C17H21N3O/c1-12(14-6-4-3-5-7-14)19-13(2)15-8-10-16(11-9-15)20-17(18)21/h3-13,19H,1-2H3,(H3,18,20,21). The predicted octanol–water partition coefficient (Wildman–Crippen LogP) is 3.59. The highest BCUT2D eigenvalue weighted by atomic mass is 16.2. The van der Waals surface area contributed by atoms with Crippen molar-refractivity contribution in [1.29, 1.82) is 0 Å². The maximum Gasteiger partial charge on any atom is 0.316 e. The van der Waals surface area contributed by atoms with Gasteiger partial charge in [-0.3, -0.25) is 0 Å². The first-order valence-electron chi connectivity index (χ1n) is 7.03. The molecule has 0 heterocycles. The number of carbonyl (C=O) groups is 1. The van der Waals surface area contributed by atoms with Gasteiger partial charge in [0.15, 0.2) is 0 Å². The molecule has 0 spiro atoms. The van der Waals surface area contributed by atoms with E-state index in [1.807, 2.05) is 42.5 Å². The van der Waals surface area contributed by atoms with Gasteiger partial charge in [0, 0.05) is 17.8 Å². The second-order valence-corrected chi connectivity index (χ2v) is 5.13. The number of anilines is 1. The monoisotopic (exact) mass is 283 g/mol. The number of primary amides is 1. The lowest BCUT2D eigenvalue weighted by Crippen LogP contribution is -2.22. The first kappa shape index (κ1) is 15.1. The average molecular weight is 283 g/mol. The lowest BCUT2D eigenvalue weighted by molar-refractivity contribution is 0.259. The number of amides is 2. The summed E-state index contributed by atoms with van der Waals surface area (Å²) in [5, 5.41) is 6.12. The van der Waals surface area contributed by atoms with Crippen molar-refractivity contribution in [3.8, 4) is 0 Å². The maximum absolute atomic E-state index is 10.8. The summed E-state index contributed by atoms with van der Waals surface area (Å²) in [5.41, 5.74) is 8.21. The van der Waals surface area contributed by atoms with Crippen molar-refractivity contribution in [3.05, 3.63) is 65.7 Å². The van der Waals surface area contributed by atoms with Crippen LogP contribution in [-0.2, 0) is 0 Å². The quantitative estimate of drug-likeness (QED) is 0.785. The van der Waals surface area contributed by atoms with Crippen LogP contribution in [0.3, 0.4) is 0 Å². The van der Waals surface area contributed by atoms with Crippen molar-refractivity contribution in [3.63, 3.8) is 0 Å². The highest BCUT2D eigenvalue weighted by molar-refractivity contribution is 5.87. The number of urea groups is 1. The zero-order valence-corrected chi connectivity index (χ0v) is 12.3. The number of nitrogens with one attached hydrogen (secondary N) is 2. The van der Waals surface area contributed by atoms with Gasteiger partial charge < -0.3 is 16.4 Å². The number of hydrogen-bond acceptors (Lipinski definition) is 2. The third kappa shape index (κ3) is 4.33. The van der Waals surface area contributed by atoms with Gasteiger partial charge in [-0.25, -0.2) is 4.79 Å². The lowest BCUT2D eigenvalue weighted by Gasteiger charge is -2.21. The topological polar surface area (TPSA) is 67.2 Å². The second-order valence-electron chi connectivity index (χ2n) is 5.13. The Kier molecular flexibility index (Phi) is 4.95. The van der Waals surface area contributed by atoms with Gasteiger partial charge in [0.1, 0.15) is 0 Å². The SMILES string of the molecule is CC(NC(C)c1ccc(NC(N)=O)cc1)c1ccccc1. The number of nitrogens with two attached hydrogens (primary N) is 1. The molecule has 2 amide bonds. The average Bonchev–Trinajstić information content (AvgIpc) is 2.48. The Bertz CT molecular complexity index is 581.